The summed E-state index contributed by atoms with van der Waals surface area (Å²) < 4.78 is 13.3. The van der Waals surface area contributed by atoms with Gasteiger partial charge in [0.15, 0.2) is 5.60 Å². The predicted octanol–water partition coefficient (Wildman–Crippen LogP) is 9.39. The standard InChI is InChI=1S/C43H56BNO4/c1-7-41(5,34-18-22-45-23-19-34)44-30-40(4,38(47)49-43-27-31-24-32(28-43)26-33(25-31)29-43)21-20-39(2,3)37(46)48-42(6,35-14-10-8-11-15-35)36-16-12-9-13-17-36/h8-19,22-23,31-33,44H,7,20-21,24-30H2,1-6H3. The SMILES string of the molecule is CCC(C)(BCC(C)(CCC(C)(C)C(=O)OC(C)(c1ccccc1)c1ccccc1)C(=O)OC12CC3CC(CC(C3)C1)C2)c1ccncc1. The van der Waals surface area contributed by atoms with E-state index < -0.39 is 16.4 Å². The van der Waals surface area contributed by atoms with Gasteiger partial charge in [-0.05, 0) is 131 Å². The Balaban J connectivity index is 1.23. The van der Waals surface area contributed by atoms with E-state index in [4.69, 9.17) is 9.47 Å². The molecular weight excluding hydrogens is 605 g/mol. The molecule has 7 rings (SSSR count). The molecule has 0 N–H and O–H groups in total. The Bertz CT molecular complexity index is 1520. The quantitative estimate of drug-likeness (QED) is 0.127. The van der Waals surface area contributed by atoms with Crippen LogP contribution in [0.1, 0.15) is 116 Å². The molecule has 4 aliphatic carbocycles. The zero-order valence-corrected chi connectivity index (χ0v) is 30.7. The maximum absolute atomic E-state index is 14.6. The topological polar surface area (TPSA) is 65.5 Å². The largest absolute Gasteiger partial charge is 0.459 e. The fourth-order valence-electron chi connectivity index (χ4n) is 9.45. The molecule has 1 aromatic heterocycles. The Morgan fingerprint density at radius 2 is 1.24 bits per heavy atom. The minimum Gasteiger partial charge on any atom is -0.459 e. The van der Waals surface area contributed by atoms with Crippen LogP contribution in [0.15, 0.2) is 85.2 Å². The third-order valence-corrected chi connectivity index (χ3v) is 13.0. The molecule has 4 saturated carbocycles. The summed E-state index contributed by atoms with van der Waals surface area (Å²) >= 11 is 0. The van der Waals surface area contributed by atoms with Gasteiger partial charge in [-0.3, -0.25) is 14.6 Å². The number of hydrogen-bond acceptors (Lipinski definition) is 5. The highest BCUT2D eigenvalue weighted by atomic mass is 16.6. The molecule has 1 heterocycles. The van der Waals surface area contributed by atoms with Gasteiger partial charge in [0.2, 0.25) is 0 Å². The van der Waals surface area contributed by atoms with Crippen LogP contribution in [-0.4, -0.2) is 29.8 Å². The predicted molar refractivity (Wildman–Crippen MR) is 197 cm³/mol. The molecule has 0 amide bonds. The molecular formula is C43H56BNO4. The number of nitrogens with zero attached hydrogens (tertiary/aromatic N) is 1. The van der Waals surface area contributed by atoms with Gasteiger partial charge < -0.3 is 9.47 Å². The molecule has 260 valence electrons. The Labute approximate surface area is 295 Å². The molecule has 5 nitrogen and oxygen atoms in total. The number of ether oxygens (including phenoxy) is 2. The minimum atomic E-state index is -0.953. The number of carbonyl (C=O) groups is 2. The van der Waals surface area contributed by atoms with Gasteiger partial charge in [0, 0.05) is 12.4 Å². The van der Waals surface area contributed by atoms with Crippen LogP contribution < -0.4 is 0 Å². The van der Waals surface area contributed by atoms with Crippen LogP contribution in [0.2, 0.25) is 6.32 Å². The summed E-state index contributed by atoms with van der Waals surface area (Å²) in [5.41, 5.74) is 0.248. The van der Waals surface area contributed by atoms with E-state index in [0.717, 1.165) is 44.1 Å². The molecule has 3 aromatic rings. The van der Waals surface area contributed by atoms with Crippen LogP contribution >= 0.6 is 0 Å². The second-order valence-electron chi connectivity index (χ2n) is 17.2. The zero-order chi connectivity index (χ0) is 34.9. The first-order valence-corrected chi connectivity index (χ1v) is 18.8. The van der Waals surface area contributed by atoms with Crippen LogP contribution in [0.4, 0.5) is 0 Å². The third-order valence-electron chi connectivity index (χ3n) is 13.0. The third kappa shape index (κ3) is 7.40. The highest BCUT2D eigenvalue weighted by Crippen LogP contribution is 2.58. The molecule has 2 aromatic carbocycles. The van der Waals surface area contributed by atoms with Crippen LogP contribution in [0.5, 0.6) is 0 Å². The van der Waals surface area contributed by atoms with Crippen molar-refractivity contribution >= 4 is 19.2 Å². The molecule has 6 heteroatoms. The van der Waals surface area contributed by atoms with E-state index in [-0.39, 0.29) is 22.9 Å². The van der Waals surface area contributed by atoms with Crippen molar-refractivity contribution in [1.29, 1.82) is 0 Å². The number of benzene rings is 2. The number of rotatable bonds is 14. The fourth-order valence-corrected chi connectivity index (χ4v) is 9.45. The van der Waals surface area contributed by atoms with Crippen molar-refractivity contribution in [3.8, 4) is 0 Å². The molecule has 0 aliphatic heterocycles. The average Bonchev–Trinajstić information content (AvgIpc) is 3.10. The number of pyridine rings is 1. The maximum Gasteiger partial charge on any atom is 0.312 e. The van der Waals surface area contributed by atoms with E-state index >= 15 is 0 Å². The summed E-state index contributed by atoms with van der Waals surface area (Å²) in [6, 6.07) is 24.1. The molecule has 4 bridgehead atoms. The van der Waals surface area contributed by atoms with Crippen molar-refractivity contribution in [3.05, 3.63) is 102 Å². The number of carbonyl (C=O) groups excluding carboxylic acids is 2. The lowest BCUT2D eigenvalue weighted by Gasteiger charge is -2.56. The first-order chi connectivity index (χ1) is 23.3. The van der Waals surface area contributed by atoms with Crippen LogP contribution in [0, 0.1) is 28.6 Å². The number of hydrogen-bond donors (Lipinski definition) is 0. The molecule has 0 spiro atoms. The lowest BCUT2D eigenvalue weighted by molar-refractivity contribution is -0.196. The maximum atomic E-state index is 14.6. The van der Waals surface area contributed by atoms with Crippen molar-refractivity contribution in [3.63, 3.8) is 0 Å². The average molecular weight is 662 g/mol. The normalized spacial score (nSPS) is 25.6. The smallest absolute Gasteiger partial charge is 0.312 e. The van der Waals surface area contributed by atoms with Crippen molar-refractivity contribution < 1.29 is 19.1 Å². The number of aromatic nitrogens is 1. The highest BCUT2D eigenvalue weighted by Gasteiger charge is 2.55. The summed E-state index contributed by atoms with van der Waals surface area (Å²) in [6.45, 7) is 12.5. The summed E-state index contributed by atoms with van der Waals surface area (Å²) in [5, 5.41) is -0.104. The molecule has 0 radical (unpaired) electrons. The Morgan fingerprint density at radius 1 is 0.735 bits per heavy atom. The van der Waals surface area contributed by atoms with E-state index in [2.05, 4.69) is 37.9 Å². The first kappa shape index (κ1) is 35.4. The van der Waals surface area contributed by atoms with Crippen molar-refractivity contribution in [1.82, 2.24) is 4.98 Å². The Hall–Kier alpha value is -3.41. The zero-order valence-electron chi connectivity index (χ0n) is 30.7. The fraction of sp³-hybridized carbons (Fsp3) is 0.558. The molecule has 2 atom stereocenters. The van der Waals surface area contributed by atoms with Crippen LogP contribution in [0.3, 0.4) is 0 Å². The van der Waals surface area contributed by atoms with Crippen molar-refractivity contribution in [2.45, 2.75) is 122 Å². The van der Waals surface area contributed by atoms with Gasteiger partial charge in [0.1, 0.15) is 12.9 Å². The van der Waals surface area contributed by atoms with Crippen molar-refractivity contribution in [2.24, 2.45) is 28.6 Å². The summed E-state index contributed by atoms with van der Waals surface area (Å²) in [6.07, 6.45) is 13.4. The second kappa shape index (κ2) is 13.7. The van der Waals surface area contributed by atoms with Crippen LogP contribution in [0.25, 0.3) is 0 Å². The summed E-state index contributed by atoms with van der Waals surface area (Å²) in [4.78, 5) is 33.1. The van der Waals surface area contributed by atoms with Gasteiger partial charge in [-0.1, -0.05) is 87.3 Å². The number of esters is 2. The first-order valence-electron chi connectivity index (χ1n) is 18.8. The van der Waals surface area contributed by atoms with Gasteiger partial charge in [0.05, 0.1) is 10.8 Å². The van der Waals surface area contributed by atoms with E-state index in [9.17, 15) is 9.59 Å². The van der Waals surface area contributed by atoms with E-state index in [0.29, 0.717) is 36.9 Å². The van der Waals surface area contributed by atoms with E-state index in [1.165, 1.54) is 24.8 Å². The van der Waals surface area contributed by atoms with Gasteiger partial charge in [-0.15, -0.1) is 0 Å². The monoisotopic (exact) mass is 661 g/mol. The summed E-state index contributed by atoms with van der Waals surface area (Å²) in [7, 11) is 0.838. The van der Waals surface area contributed by atoms with Gasteiger partial charge >= 0.3 is 11.9 Å². The Kier molecular flexibility index (Phi) is 9.92. The van der Waals surface area contributed by atoms with Crippen molar-refractivity contribution in [2.75, 3.05) is 0 Å². The minimum absolute atomic E-state index is 0.0785. The molecule has 4 aliphatic rings. The van der Waals surface area contributed by atoms with Gasteiger partial charge in [0.25, 0.3) is 0 Å². The molecule has 0 saturated heterocycles. The van der Waals surface area contributed by atoms with E-state index in [1.54, 1.807) is 0 Å². The Morgan fingerprint density at radius 3 is 1.73 bits per heavy atom. The lowest BCUT2D eigenvalue weighted by Crippen LogP contribution is -2.54. The molecule has 4 fully saturated rings. The lowest BCUT2D eigenvalue weighted by atomic mass is 9.44. The highest BCUT2D eigenvalue weighted by molar-refractivity contribution is 6.41. The van der Waals surface area contributed by atoms with E-state index in [1.807, 2.05) is 93.8 Å². The van der Waals surface area contributed by atoms with Gasteiger partial charge in [-0.25, -0.2) is 0 Å². The van der Waals surface area contributed by atoms with Gasteiger partial charge in [-0.2, -0.15) is 0 Å². The summed E-state index contributed by atoms with van der Waals surface area (Å²) in [5.74, 6) is 1.73. The molecule has 49 heavy (non-hydrogen) atoms. The second-order valence-corrected chi connectivity index (χ2v) is 17.2. The van der Waals surface area contributed by atoms with Crippen LogP contribution in [-0.2, 0) is 30.0 Å². The molecule has 2 unspecified atom stereocenters.